The number of esters is 1. The van der Waals surface area contributed by atoms with Gasteiger partial charge in [0, 0.05) is 36.9 Å². The van der Waals surface area contributed by atoms with Crippen LogP contribution in [0.5, 0.6) is 28.7 Å². The molecule has 4 aromatic rings. The first-order valence-corrected chi connectivity index (χ1v) is 19.8. The molecule has 3 N–H and O–H groups in total. The van der Waals surface area contributed by atoms with Gasteiger partial charge < -0.3 is 39.0 Å². The molecule has 0 aliphatic carbocycles. The number of cyclic esters (lactones) is 1. The summed E-state index contributed by atoms with van der Waals surface area (Å²) in [6.07, 6.45) is 9.47. The summed E-state index contributed by atoms with van der Waals surface area (Å²) < 4.78 is 28.2. The number of methoxy groups -OCH3 is 3. The molecule has 0 radical (unpaired) electrons. The number of pyridine rings is 1. The van der Waals surface area contributed by atoms with Crippen LogP contribution in [0.15, 0.2) is 53.2 Å². The van der Waals surface area contributed by atoms with Gasteiger partial charge in [0.2, 0.25) is 23.4 Å². The van der Waals surface area contributed by atoms with Crippen molar-refractivity contribution in [3.05, 3.63) is 76.8 Å². The summed E-state index contributed by atoms with van der Waals surface area (Å²) in [5.74, 6) is -1.22. The van der Waals surface area contributed by atoms with Gasteiger partial charge in [0.05, 0.1) is 27.4 Å². The van der Waals surface area contributed by atoms with Gasteiger partial charge in [0.15, 0.2) is 11.5 Å². The molecule has 0 fully saturated rings. The maximum absolute atomic E-state index is 14.2. The van der Waals surface area contributed by atoms with Gasteiger partial charge in [-0.2, -0.15) is 16.7 Å². The van der Waals surface area contributed by atoms with Crippen LogP contribution >= 0.6 is 11.8 Å². The number of ketones is 1. The highest BCUT2D eigenvalue weighted by atomic mass is 32.2. The van der Waals surface area contributed by atoms with Crippen LogP contribution in [0.1, 0.15) is 103 Å². The molecule has 0 saturated heterocycles. The molecule has 3 heterocycles. The summed E-state index contributed by atoms with van der Waals surface area (Å²) in [6.45, 7) is 1.72. The number of phenols is 2. The van der Waals surface area contributed by atoms with Crippen molar-refractivity contribution < 1.29 is 48.1 Å². The van der Waals surface area contributed by atoms with E-state index in [1.807, 2.05) is 6.26 Å². The van der Waals surface area contributed by atoms with E-state index < -0.39 is 35.7 Å². The first-order valence-electron chi connectivity index (χ1n) is 18.4. The molecule has 1 amide bonds. The van der Waals surface area contributed by atoms with Gasteiger partial charge in [-0.3, -0.25) is 14.6 Å². The second kappa shape index (κ2) is 19.8. The van der Waals surface area contributed by atoms with E-state index in [0.717, 1.165) is 0 Å². The number of Topliss-reactive ketones (excluding diaryl/α,β-unsaturated/α-hetero) is 1. The maximum atomic E-state index is 14.2. The Balaban J connectivity index is 1.60. The lowest BCUT2D eigenvalue weighted by Gasteiger charge is -2.25. The average molecular weight is 789 g/mol. The molecule has 0 bridgehead atoms. The molecule has 15 heteroatoms. The van der Waals surface area contributed by atoms with Crippen molar-refractivity contribution in [2.24, 2.45) is 0 Å². The minimum Gasteiger partial charge on any atom is -0.507 e. The molecule has 14 nitrogen and oxygen atoms in total. The fourth-order valence-electron chi connectivity index (χ4n) is 6.62. The Hall–Kier alpha value is -5.57. The van der Waals surface area contributed by atoms with Crippen LogP contribution in [0.25, 0.3) is 17.6 Å². The van der Waals surface area contributed by atoms with E-state index in [2.05, 4.69) is 20.4 Å². The monoisotopic (exact) mass is 788 g/mol. The van der Waals surface area contributed by atoms with Crippen LogP contribution in [0.2, 0.25) is 0 Å². The van der Waals surface area contributed by atoms with Gasteiger partial charge in [-0.05, 0) is 92.5 Å². The van der Waals surface area contributed by atoms with Gasteiger partial charge in [0.25, 0.3) is 0 Å². The minimum atomic E-state index is -1.07. The Morgan fingerprint density at radius 3 is 2.48 bits per heavy atom. The van der Waals surface area contributed by atoms with Crippen LogP contribution < -0.4 is 19.5 Å². The Labute approximate surface area is 330 Å². The summed E-state index contributed by atoms with van der Waals surface area (Å²) in [6, 6.07) is 9.24. The standard InChI is InChI=1S/C41H48N4O10S/c1-24-12-11-15-27(46)14-8-6-7-13-25-20-31(47)36(37(49)35(25)41(50)54-24)28(26-21-32(51-2)38(53-4)33(22-26)52-3)23-34(48)43-30(17-19-56-5)40-44-39(45-55-40)29-16-9-10-18-42-29/h7,9-10,13,16,18,20-22,24,28,30,47,49H,6,8,11-12,14-15,17,19,23H2,1-5H3,(H,43,48)/t24-,28?,30?/m0/s1. The number of phenolic OH excluding ortho intramolecular Hbond substituents is 2. The van der Waals surface area contributed by atoms with E-state index in [9.17, 15) is 24.6 Å². The Bertz CT molecular complexity index is 1990. The van der Waals surface area contributed by atoms with E-state index >= 15 is 0 Å². The Morgan fingerprint density at radius 2 is 1.80 bits per heavy atom. The summed E-state index contributed by atoms with van der Waals surface area (Å²) in [5.41, 5.74) is 0.867. The third-order valence-electron chi connectivity index (χ3n) is 9.46. The number of aromatic nitrogens is 3. The molecule has 56 heavy (non-hydrogen) atoms. The van der Waals surface area contributed by atoms with Gasteiger partial charge in [-0.15, -0.1) is 0 Å². The van der Waals surface area contributed by atoms with E-state index in [4.69, 9.17) is 23.5 Å². The summed E-state index contributed by atoms with van der Waals surface area (Å²) in [7, 11) is 4.35. The number of nitrogens with zero attached hydrogens (tertiary/aromatic N) is 3. The lowest BCUT2D eigenvalue weighted by Crippen LogP contribution is -2.30. The van der Waals surface area contributed by atoms with Crippen LogP contribution in [-0.2, 0) is 14.3 Å². The second-order valence-corrected chi connectivity index (χ2v) is 14.3. The highest BCUT2D eigenvalue weighted by Gasteiger charge is 2.33. The first kappa shape index (κ1) is 41.6. The van der Waals surface area contributed by atoms with E-state index in [1.54, 1.807) is 67.4 Å². The minimum absolute atomic E-state index is 0.0891. The largest absolute Gasteiger partial charge is 0.507 e. The molecule has 5 rings (SSSR count). The van der Waals surface area contributed by atoms with Crippen LogP contribution in [-0.4, -0.2) is 82.4 Å². The first-order chi connectivity index (χ1) is 27.1. The summed E-state index contributed by atoms with van der Waals surface area (Å²) in [5, 5.41) is 30.9. The van der Waals surface area contributed by atoms with Crippen molar-refractivity contribution >= 4 is 35.5 Å². The van der Waals surface area contributed by atoms with Gasteiger partial charge in [0.1, 0.15) is 34.6 Å². The number of allylic oxidation sites excluding steroid dienone is 1. The average Bonchev–Trinajstić information content (AvgIpc) is 3.68. The van der Waals surface area contributed by atoms with Gasteiger partial charge >= 0.3 is 5.97 Å². The highest BCUT2D eigenvalue weighted by molar-refractivity contribution is 7.98. The number of fused-ring (bicyclic) bond motifs is 1. The summed E-state index contributed by atoms with van der Waals surface area (Å²) >= 11 is 1.58. The quantitative estimate of drug-likeness (QED) is 0.115. The van der Waals surface area contributed by atoms with Crippen molar-refractivity contribution in [2.75, 3.05) is 33.3 Å². The van der Waals surface area contributed by atoms with Crippen molar-refractivity contribution in [3.8, 4) is 40.3 Å². The fraction of sp³-hybridized carbons (Fsp3) is 0.415. The van der Waals surface area contributed by atoms with Crippen LogP contribution in [0.3, 0.4) is 0 Å². The second-order valence-electron chi connectivity index (χ2n) is 13.4. The zero-order valence-corrected chi connectivity index (χ0v) is 33.0. The molecule has 0 spiro atoms. The number of carbonyl (C=O) groups excluding carboxylic acids is 3. The van der Waals surface area contributed by atoms with Gasteiger partial charge in [-0.1, -0.05) is 23.4 Å². The number of hydrogen-bond donors (Lipinski definition) is 3. The molecule has 2 unspecified atom stereocenters. The Morgan fingerprint density at radius 1 is 1.05 bits per heavy atom. The molecule has 2 aromatic heterocycles. The lowest BCUT2D eigenvalue weighted by molar-refractivity contribution is -0.122. The molecule has 0 saturated carbocycles. The third-order valence-corrected chi connectivity index (χ3v) is 10.1. The predicted molar refractivity (Wildman–Crippen MR) is 210 cm³/mol. The van der Waals surface area contributed by atoms with Crippen molar-refractivity contribution in [3.63, 3.8) is 0 Å². The zero-order valence-electron chi connectivity index (χ0n) is 32.2. The highest BCUT2D eigenvalue weighted by Crippen LogP contribution is 2.48. The molecule has 1 aliphatic rings. The van der Waals surface area contributed by atoms with E-state index in [1.165, 1.54) is 27.4 Å². The van der Waals surface area contributed by atoms with E-state index in [0.29, 0.717) is 67.7 Å². The number of carbonyl (C=O) groups is 3. The smallest absolute Gasteiger partial charge is 0.342 e. The van der Waals surface area contributed by atoms with Crippen LogP contribution in [0.4, 0.5) is 0 Å². The van der Waals surface area contributed by atoms with Crippen molar-refractivity contribution in [2.45, 2.75) is 76.4 Å². The number of hydrogen-bond acceptors (Lipinski definition) is 14. The number of ether oxygens (including phenoxy) is 4. The van der Waals surface area contributed by atoms with E-state index in [-0.39, 0.29) is 57.9 Å². The third kappa shape index (κ3) is 10.2. The number of amides is 1. The maximum Gasteiger partial charge on any atom is 0.342 e. The zero-order chi connectivity index (χ0) is 40.2. The molecular formula is C41H48N4O10S. The number of aromatic hydroxyl groups is 2. The number of thioether (sulfide) groups is 1. The molecule has 1 aliphatic heterocycles. The van der Waals surface area contributed by atoms with Crippen molar-refractivity contribution in [1.82, 2.24) is 20.4 Å². The topological polar surface area (TPSA) is 192 Å². The normalized spacial score (nSPS) is 16.2. The van der Waals surface area contributed by atoms with Gasteiger partial charge in [-0.25, -0.2) is 4.79 Å². The SMILES string of the molecule is COc1cc(C(CC(=O)NC(CCSC)c2nc(-c3ccccn3)no2)c2c(O)cc3c(c2O)C(=O)O[C@@H](C)CCCC(=O)CCCC=C3)cc(OC)c1OC. The Kier molecular flexibility index (Phi) is 14.7. The predicted octanol–water partition coefficient (Wildman–Crippen LogP) is 7.18. The van der Waals surface area contributed by atoms with Crippen molar-refractivity contribution in [1.29, 1.82) is 0 Å². The molecule has 2 aromatic carbocycles. The number of benzene rings is 2. The fourth-order valence-corrected chi connectivity index (χ4v) is 7.09. The summed E-state index contributed by atoms with van der Waals surface area (Å²) in [4.78, 5) is 49.2. The molecule has 298 valence electrons. The number of rotatable bonds is 13. The molecule has 3 atom stereocenters. The number of nitrogens with one attached hydrogen (secondary N) is 1. The lowest BCUT2D eigenvalue weighted by atomic mass is 9.84. The van der Waals surface area contributed by atoms with Crippen LogP contribution in [0, 0.1) is 0 Å². The molecular weight excluding hydrogens is 741 g/mol.